The lowest BCUT2D eigenvalue weighted by molar-refractivity contribution is 0.264. The highest BCUT2D eigenvalue weighted by molar-refractivity contribution is 8.00. The van der Waals surface area contributed by atoms with Gasteiger partial charge in [0.2, 0.25) is 0 Å². The number of allylic oxidation sites excluding steroid dienone is 5. The summed E-state index contributed by atoms with van der Waals surface area (Å²) in [6, 6.07) is 39.7. The third kappa shape index (κ3) is 3.29. The molecule has 4 heterocycles. The number of nitrogens with zero attached hydrogens (tertiary/aromatic N) is 2. The van der Waals surface area contributed by atoms with Crippen molar-refractivity contribution in [1.82, 2.24) is 9.13 Å². The van der Waals surface area contributed by atoms with Crippen molar-refractivity contribution in [3.05, 3.63) is 157 Å². The summed E-state index contributed by atoms with van der Waals surface area (Å²) < 4.78 is 11.7. The minimum absolute atomic E-state index is 0.0146. The highest BCUT2D eigenvalue weighted by Gasteiger charge is 2.41. The second-order valence-electron chi connectivity index (χ2n) is 12.8. The Bertz CT molecular complexity index is 2290. The number of fused-ring (bicyclic) bond motifs is 13. The molecule has 0 spiro atoms. The molecule has 3 nitrogen and oxygen atoms in total. The molecule has 4 heteroatoms. The van der Waals surface area contributed by atoms with Gasteiger partial charge >= 0.3 is 0 Å². The van der Waals surface area contributed by atoms with E-state index in [2.05, 4.69) is 155 Å². The number of hydrogen-bond donors (Lipinski definition) is 0. The molecule has 4 unspecified atom stereocenters. The second kappa shape index (κ2) is 9.18. The molecule has 218 valence electrons. The van der Waals surface area contributed by atoms with Gasteiger partial charge in [-0.2, -0.15) is 0 Å². The summed E-state index contributed by atoms with van der Waals surface area (Å²) in [7, 11) is 0. The molecule has 0 bridgehead atoms. The molecule has 0 radical (unpaired) electrons. The predicted molar refractivity (Wildman–Crippen MR) is 192 cm³/mol. The molecule has 7 aromatic rings. The van der Waals surface area contributed by atoms with E-state index in [0.29, 0.717) is 11.2 Å². The van der Waals surface area contributed by atoms with Crippen LogP contribution >= 0.6 is 11.8 Å². The molecule has 5 aromatic carbocycles. The zero-order valence-electron chi connectivity index (χ0n) is 24.9. The van der Waals surface area contributed by atoms with E-state index in [1.807, 2.05) is 11.8 Å². The van der Waals surface area contributed by atoms with E-state index in [4.69, 9.17) is 4.74 Å². The van der Waals surface area contributed by atoms with Crippen molar-refractivity contribution in [2.24, 2.45) is 0 Å². The quantitative estimate of drug-likeness (QED) is 0.194. The summed E-state index contributed by atoms with van der Waals surface area (Å²) in [5.74, 6) is 1.56. The van der Waals surface area contributed by atoms with Crippen LogP contribution in [0.4, 0.5) is 0 Å². The van der Waals surface area contributed by atoms with E-state index < -0.39 is 0 Å². The first-order chi connectivity index (χ1) is 22.8. The molecular weight excluding hydrogens is 581 g/mol. The Labute approximate surface area is 270 Å². The summed E-state index contributed by atoms with van der Waals surface area (Å²) >= 11 is 1.96. The van der Waals surface area contributed by atoms with Crippen molar-refractivity contribution in [1.29, 1.82) is 0 Å². The molecule has 46 heavy (non-hydrogen) atoms. The summed E-state index contributed by atoms with van der Waals surface area (Å²) in [5, 5.41) is 5.53. The Hall–Kier alpha value is -5.19. The molecule has 0 saturated carbocycles. The first-order valence-corrected chi connectivity index (χ1v) is 17.0. The fourth-order valence-electron chi connectivity index (χ4n) is 8.39. The van der Waals surface area contributed by atoms with Gasteiger partial charge in [-0.25, -0.2) is 0 Å². The van der Waals surface area contributed by atoms with Gasteiger partial charge in [0, 0.05) is 55.6 Å². The Morgan fingerprint density at radius 2 is 0.978 bits per heavy atom. The summed E-state index contributed by atoms with van der Waals surface area (Å²) in [4.78, 5) is 1.31. The number of para-hydroxylation sites is 4. The molecule has 0 amide bonds. The standard InChI is InChI=1S/C42H28N2OS/c1-5-13-35-27(9-1)28-10-2-6-14-36(28)43(35)25-17-21-39-33(23-25)31-19-20-32-34-24-26(18-22-40(34)46-42(32)41(31)45-39)44-37-15-7-3-11-29(37)30-12-4-8-16-38(30)44/h1-24,33-34,39-40H. The maximum Gasteiger partial charge on any atom is 0.138 e. The van der Waals surface area contributed by atoms with Crippen LogP contribution in [-0.4, -0.2) is 20.5 Å². The SMILES string of the molecule is C1=CC2Oc3c(ccc4c3SC3C=CC(n5c6ccccc6c6ccccc65)=CC43)C2C=C1n1c2ccccc2c2ccccc21. The van der Waals surface area contributed by atoms with Crippen LogP contribution in [0.2, 0.25) is 0 Å². The summed E-state index contributed by atoms with van der Waals surface area (Å²) in [6.07, 6.45) is 14.2. The lowest BCUT2D eigenvalue weighted by atomic mass is 9.87. The van der Waals surface area contributed by atoms with Gasteiger partial charge < -0.3 is 13.9 Å². The molecule has 11 rings (SSSR count). The Morgan fingerprint density at radius 1 is 0.500 bits per heavy atom. The Kier molecular flexibility index (Phi) is 5.00. The monoisotopic (exact) mass is 608 g/mol. The van der Waals surface area contributed by atoms with Crippen molar-refractivity contribution in [3.63, 3.8) is 0 Å². The zero-order valence-corrected chi connectivity index (χ0v) is 25.7. The highest BCUT2D eigenvalue weighted by Crippen LogP contribution is 2.57. The fourth-order valence-corrected chi connectivity index (χ4v) is 9.80. The number of hydrogen-bond acceptors (Lipinski definition) is 2. The number of benzene rings is 5. The predicted octanol–water partition coefficient (Wildman–Crippen LogP) is 10.5. The highest BCUT2D eigenvalue weighted by atomic mass is 32.2. The van der Waals surface area contributed by atoms with Gasteiger partial charge in [0.05, 0.1) is 27.0 Å². The van der Waals surface area contributed by atoms with E-state index in [1.165, 1.54) is 71.0 Å². The van der Waals surface area contributed by atoms with E-state index in [0.717, 1.165) is 5.75 Å². The van der Waals surface area contributed by atoms with Gasteiger partial charge in [-0.05, 0) is 54.1 Å². The minimum Gasteiger partial charge on any atom is -0.484 e. The lowest BCUT2D eigenvalue weighted by Gasteiger charge is -2.21. The molecule has 2 aromatic heterocycles. The molecule has 4 atom stereocenters. The van der Waals surface area contributed by atoms with Crippen LogP contribution in [0, 0.1) is 0 Å². The normalized spacial score (nSPS) is 22.5. The number of aromatic nitrogens is 2. The van der Waals surface area contributed by atoms with Crippen molar-refractivity contribution < 1.29 is 4.74 Å². The van der Waals surface area contributed by atoms with Crippen molar-refractivity contribution in [2.75, 3.05) is 0 Å². The largest absolute Gasteiger partial charge is 0.484 e. The van der Waals surface area contributed by atoms with E-state index >= 15 is 0 Å². The van der Waals surface area contributed by atoms with E-state index in [9.17, 15) is 0 Å². The van der Waals surface area contributed by atoms with Crippen LogP contribution in [0.15, 0.2) is 151 Å². The maximum atomic E-state index is 6.80. The molecule has 0 N–H and O–H groups in total. The van der Waals surface area contributed by atoms with Gasteiger partial charge in [-0.15, -0.1) is 11.8 Å². The van der Waals surface area contributed by atoms with Crippen molar-refractivity contribution >= 4 is 66.8 Å². The van der Waals surface area contributed by atoms with Crippen molar-refractivity contribution in [2.45, 2.75) is 28.1 Å². The van der Waals surface area contributed by atoms with Crippen LogP contribution in [0.1, 0.15) is 23.0 Å². The van der Waals surface area contributed by atoms with Gasteiger partial charge in [0.15, 0.2) is 0 Å². The Balaban J connectivity index is 1.01. The first kappa shape index (κ1) is 25.1. The second-order valence-corrected chi connectivity index (χ2v) is 13.9. The lowest BCUT2D eigenvalue weighted by Crippen LogP contribution is -2.18. The van der Waals surface area contributed by atoms with Crippen LogP contribution in [0.5, 0.6) is 5.75 Å². The topological polar surface area (TPSA) is 19.1 Å². The minimum atomic E-state index is 0.0146. The zero-order chi connectivity index (χ0) is 29.9. The smallest absolute Gasteiger partial charge is 0.138 e. The van der Waals surface area contributed by atoms with E-state index in [-0.39, 0.29) is 12.0 Å². The average Bonchev–Trinajstić information content (AvgIpc) is 3.85. The van der Waals surface area contributed by atoms with Crippen LogP contribution in [-0.2, 0) is 0 Å². The number of thioether (sulfide) groups is 1. The Morgan fingerprint density at radius 3 is 1.54 bits per heavy atom. The first-order valence-electron chi connectivity index (χ1n) is 16.1. The molecule has 4 aliphatic rings. The van der Waals surface area contributed by atoms with Gasteiger partial charge in [-0.3, -0.25) is 0 Å². The third-order valence-corrected chi connectivity index (χ3v) is 11.8. The fraction of sp³-hybridized carbons (Fsp3) is 0.0952. The van der Waals surface area contributed by atoms with Crippen LogP contribution in [0.3, 0.4) is 0 Å². The molecule has 0 saturated heterocycles. The third-order valence-electron chi connectivity index (χ3n) is 10.4. The van der Waals surface area contributed by atoms with E-state index in [1.54, 1.807) is 0 Å². The number of ether oxygens (including phenoxy) is 1. The van der Waals surface area contributed by atoms with Crippen LogP contribution in [0.25, 0.3) is 55.0 Å². The average molecular weight is 609 g/mol. The van der Waals surface area contributed by atoms with Gasteiger partial charge in [0.25, 0.3) is 0 Å². The van der Waals surface area contributed by atoms with Gasteiger partial charge in [-0.1, -0.05) is 97.1 Å². The molecule has 0 fully saturated rings. The number of rotatable bonds is 2. The van der Waals surface area contributed by atoms with Gasteiger partial charge in [0.1, 0.15) is 11.9 Å². The summed E-state index contributed by atoms with van der Waals surface area (Å²) in [5.41, 5.74) is 10.1. The van der Waals surface area contributed by atoms with Crippen LogP contribution < -0.4 is 4.74 Å². The van der Waals surface area contributed by atoms with Crippen molar-refractivity contribution in [3.8, 4) is 5.75 Å². The maximum absolute atomic E-state index is 6.80. The molecule has 2 aliphatic heterocycles. The summed E-state index contributed by atoms with van der Waals surface area (Å²) in [6.45, 7) is 0. The molecular formula is C42H28N2OS. The molecule has 2 aliphatic carbocycles.